The topological polar surface area (TPSA) is 76.4 Å². The maximum Gasteiger partial charge on any atom is 0.189 e. The molecule has 0 aliphatic carbocycles. The third kappa shape index (κ3) is 6.58. The van der Waals surface area contributed by atoms with Gasteiger partial charge in [-0.2, -0.15) is 0 Å². The van der Waals surface area contributed by atoms with Gasteiger partial charge in [-0.3, -0.25) is 0 Å². The van der Waals surface area contributed by atoms with Crippen LogP contribution in [0.4, 0.5) is 0 Å². The van der Waals surface area contributed by atoms with E-state index < -0.39 is 0 Å². The van der Waals surface area contributed by atoms with E-state index in [4.69, 9.17) is 10.3 Å². The van der Waals surface area contributed by atoms with E-state index in [2.05, 4.69) is 29.3 Å². The Hall–Kier alpha value is -0.790. The predicted molar refractivity (Wildman–Crippen MR) is 93.5 cm³/mol. The van der Waals surface area contributed by atoms with Crippen LogP contribution in [0.5, 0.6) is 0 Å². The van der Waals surface area contributed by atoms with Gasteiger partial charge in [0.15, 0.2) is 11.7 Å². The molecule has 3 N–H and O–H groups in total. The summed E-state index contributed by atoms with van der Waals surface area (Å²) in [6.07, 6.45) is 2.14. The maximum absolute atomic E-state index is 5.80. The van der Waals surface area contributed by atoms with Crippen LogP contribution < -0.4 is 11.1 Å². The largest absolute Gasteiger partial charge is 0.370 e. The molecule has 1 rings (SSSR count). The van der Waals surface area contributed by atoms with Crippen LogP contribution in [0.25, 0.3) is 0 Å². The molecule has 0 aromatic carbocycles. The molecule has 116 valence electrons. The fourth-order valence-electron chi connectivity index (χ4n) is 1.89. The number of guanidine groups is 1. The van der Waals surface area contributed by atoms with Gasteiger partial charge in [0, 0.05) is 17.5 Å². The standard InChI is InChI=1S/C14H26N4O.HI/c1-6-10(7-2)12-8-11(19-18-12)9-16-13(15)17-14(3,4)5;/h8,10H,6-7,9H2,1-5H3,(H3,15,16,17);1H. The van der Waals surface area contributed by atoms with Crippen LogP contribution in [-0.4, -0.2) is 16.7 Å². The first-order valence-corrected chi connectivity index (χ1v) is 6.89. The van der Waals surface area contributed by atoms with Gasteiger partial charge in [0.1, 0.15) is 6.54 Å². The zero-order chi connectivity index (χ0) is 14.5. The zero-order valence-electron chi connectivity index (χ0n) is 13.1. The van der Waals surface area contributed by atoms with Gasteiger partial charge >= 0.3 is 0 Å². The number of rotatable bonds is 5. The second kappa shape index (κ2) is 8.49. The average Bonchev–Trinajstić information content (AvgIpc) is 2.75. The highest BCUT2D eigenvalue weighted by Crippen LogP contribution is 2.22. The van der Waals surface area contributed by atoms with E-state index in [1.165, 1.54) is 0 Å². The van der Waals surface area contributed by atoms with Crippen molar-refractivity contribution in [2.45, 2.75) is 65.5 Å². The number of aliphatic imine (C=N–C) groups is 1. The normalized spacial score (nSPS) is 12.4. The molecule has 1 aromatic rings. The Balaban J connectivity index is 0.00000361. The van der Waals surface area contributed by atoms with Gasteiger partial charge in [0.05, 0.1) is 5.69 Å². The minimum Gasteiger partial charge on any atom is -0.370 e. The highest BCUT2D eigenvalue weighted by Gasteiger charge is 2.13. The lowest BCUT2D eigenvalue weighted by atomic mass is 9.99. The van der Waals surface area contributed by atoms with Crippen molar-refractivity contribution in [2.75, 3.05) is 0 Å². The van der Waals surface area contributed by atoms with Gasteiger partial charge in [0.25, 0.3) is 0 Å². The highest BCUT2D eigenvalue weighted by molar-refractivity contribution is 14.0. The van der Waals surface area contributed by atoms with E-state index in [-0.39, 0.29) is 29.5 Å². The minimum atomic E-state index is -0.0876. The molecule has 0 fully saturated rings. The van der Waals surface area contributed by atoms with Gasteiger partial charge < -0.3 is 15.6 Å². The molecule has 0 unspecified atom stereocenters. The summed E-state index contributed by atoms with van der Waals surface area (Å²) in [4.78, 5) is 4.25. The summed E-state index contributed by atoms with van der Waals surface area (Å²) in [6.45, 7) is 10.8. The van der Waals surface area contributed by atoms with E-state index >= 15 is 0 Å². The fourth-order valence-corrected chi connectivity index (χ4v) is 1.89. The molecule has 0 saturated heterocycles. The van der Waals surface area contributed by atoms with Crippen LogP contribution in [-0.2, 0) is 6.54 Å². The van der Waals surface area contributed by atoms with E-state index in [0.717, 1.165) is 24.3 Å². The molecule has 0 radical (unpaired) electrons. The highest BCUT2D eigenvalue weighted by atomic mass is 127. The summed E-state index contributed by atoms with van der Waals surface area (Å²) in [5, 5.41) is 7.21. The van der Waals surface area contributed by atoms with Crippen molar-refractivity contribution in [3.63, 3.8) is 0 Å². The number of hydrogen-bond donors (Lipinski definition) is 2. The van der Waals surface area contributed by atoms with Crippen LogP contribution in [0.15, 0.2) is 15.6 Å². The lowest BCUT2D eigenvalue weighted by Crippen LogP contribution is -2.44. The first-order chi connectivity index (χ1) is 8.85. The van der Waals surface area contributed by atoms with Crippen molar-refractivity contribution < 1.29 is 4.52 Å². The van der Waals surface area contributed by atoms with E-state index in [1.54, 1.807) is 0 Å². The van der Waals surface area contributed by atoms with Crippen molar-refractivity contribution in [3.05, 3.63) is 17.5 Å². The molecular formula is C14H27IN4O. The smallest absolute Gasteiger partial charge is 0.189 e. The van der Waals surface area contributed by atoms with Gasteiger partial charge in [-0.15, -0.1) is 24.0 Å². The summed E-state index contributed by atoms with van der Waals surface area (Å²) in [5.41, 5.74) is 6.73. The van der Waals surface area contributed by atoms with Crippen molar-refractivity contribution in [1.82, 2.24) is 10.5 Å². The Morgan fingerprint density at radius 3 is 2.50 bits per heavy atom. The molecule has 6 heteroatoms. The number of halogens is 1. The quantitative estimate of drug-likeness (QED) is 0.456. The van der Waals surface area contributed by atoms with Crippen molar-refractivity contribution in [2.24, 2.45) is 10.7 Å². The Bertz CT molecular complexity index is 419. The molecule has 0 saturated carbocycles. The Labute approximate surface area is 138 Å². The molecule has 0 spiro atoms. The summed E-state index contributed by atoms with van der Waals surface area (Å²) >= 11 is 0. The first-order valence-electron chi connectivity index (χ1n) is 6.89. The lowest BCUT2D eigenvalue weighted by Gasteiger charge is -2.20. The number of hydrogen-bond acceptors (Lipinski definition) is 3. The predicted octanol–water partition coefficient (Wildman–Crippen LogP) is 3.40. The van der Waals surface area contributed by atoms with Crippen LogP contribution >= 0.6 is 24.0 Å². The molecule has 5 nitrogen and oxygen atoms in total. The Morgan fingerprint density at radius 2 is 2.00 bits per heavy atom. The first kappa shape index (κ1) is 19.2. The maximum atomic E-state index is 5.80. The monoisotopic (exact) mass is 394 g/mol. The summed E-state index contributed by atoms with van der Waals surface area (Å²) in [5.74, 6) is 1.64. The molecule has 0 amide bonds. The van der Waals surface area contributed by atoms with Gasteiger partial charge in [-0.1, -0.05) is 19.0 Å². The number of nitrogens with two attached hydrogens (primary N) is 1. The van der Waals surface area contributed by atoms with Gasteiger partial charge in [-0.05, 0) is 33.6 Å². The molecule has 0 atom stereocenters. The molecular weight excluding hydrogens is 367 g/mol. The molecule has 1 aromatic heterocycles. The Kier molecular flexibility index (Phi) is 8.15. The third-order valence-corrected chi connectivity index (χ3v) is 2.89. The second-order valence-corrected chi connectivity index (χ2v) is 5.81. The van der Waals surface area contributed by atoms with E-state index in [0.29, 0.717) is 18.4 Å². The summed E-state index contributed by atoms with van der Waals surface area (Å²) < 4.78 is 5.29. The van der Waals surface area contributed by atoms with Crippen LogP contribution in [0.2, 0.25) is 0 Å². The molecule has 1 heterocycles. The second-order valence-electron chi connectivity index (χ2n) is 5.81. The van der Waals surface area contributed by atoms with Crippen molar-refractivity contribution in [1.29, 1.82) is 0 Å². The summed E-state index contributed by atoms with van der Waals surface area (Å²) in [7, 11) is 0. The zero-order valence-corrected chi connectivity index (χ0v) is 15.4. The Morgan fingerprint density at radius 1 is 1.40 bits per heavy atom. The van der Waals surface area contributed by atoms with Crippen LogP contribution in [0, 0.1) is 0 Å². The number of nitrogens with zero attached hydrogens (tertiary/aromatic N) is 2. The van der Waals surface area contributed by atoms with Crippen LogP contribution in [0.3, 0.4) is 0 Å². The number of aromatic nitrogens is 1. The summed E-state index contributed by atoms with van der Waals surface area (Å²) in [6, 6.07) is 1.98. The van der Waals surface area contributed by atoms with Crippen LogP contribution in [0.1, 0.15) is 64.8 Å². The van der Waals surface area contributed by atoms with Gasteiger partial charge in [0.2, 0.25) is 0 Å². The van der Waals surface area contributed by atoms with Crippen molar-refractivity contribution in [3.8, 4) is 0 Å². The molecule has 0 aliphatic heterocycles. The molecule has 0 aliphatic rings. The van der Waals surface area contributed by atoms with Crippen molar-refractivity contribution >= 4 is 29.9 Å². The fraction of sp³-hybridized carbons (Fsp3) is 0.714. The molecule has 0 bridgehead atoms. The van der Waals surface area contributed by atoms with E-state index in [9.17, 15) is 0 Å². The third-order valence-electron chi connectivity index (χ3n) is 2.89. The minimum absolute atomic E-state index is 0. The van der Waals surface area contributed by atoms with E-state index in [1.807, 2.05) is 26.8 Å². The average molecular weight is 394 g/mol. The molecule has 20 heavy (non-hydrogen) atoms. The van der Waals surface area contributed by atoms with Gasteiger partial charge in [-0.25, -0.2) is 4.99 Å². The lowest BCUT2D eigenvalue weighted by molar-refractivity contribution is 0.372. The number of nitrogens with one attached hydrogen (secondary N) is 1. The SMILES string of the molecule is CCC(CC)c1cc(CN=C(N)NC(C)(C)C)on1.I.